The second-order valence-corrected chi connectivity index (χ2v) is 9.48. The van der Waals surface area contributed by atoms with Gasteiger partial charge in [0.05, 0.1) is 24.7 Å². The fourth-order valence-electron chi connectivity index (χ4n) is 3.75. The van der Waals surface area contributed by atoms with Crippen LogP contribution in [0.1, 0.15) is 21.5 Å². The van der Waals surface area contributed by atoms with E-state index in [1.54, 1.807) is 30.3 Å². The maximum atomic E-state index is 13.2. The fourth-order valence-corrected chi connectivity index (χ4v) is 5.17. The van der Waals surface area contributed by atoms with E-state index in [4.69, 9.17) is 9.47 Å². The van der Waals surface area contributed by atoms with Crippen molar-refractivity contribution in [2.45, 2.75) is 17.9 Å². The molecule has 0 fully saturated rings. The average molecular weight is 471 g/mol. The molecule has 1 amide bonds. The molecule has 0 bridgehead atoms. The molecule has 3 aromatic carbocycles. The van der Waals surface area contributed by atoms with Crippen molar-refractivity contribution >= 4 is 21.6 Å². The summed E-state index contributed by atoms with van der Waals surface area (Å²) in [6.45, 7) is 0.478. The molecule has 4 rings (SSSR count). The van der Waals surface area contributed by atoms with E-state index < -0.39 is 15.8 Å². The molecule has 9 heteroatoms. The molecule has 0 aliphatic carbocycles. The van der Waals surface area contributed by atoms with E-state index in [2.05, 4.69) is 5.32 Å². The fraction of sp³-hybridized carbons (Fsp3) is 0.208. The first kappa shape index (κ1) is 22.8. The van der Waals surface area contributed by atoms with Crippen LogP contribution >= 0.6 is 0 Å². The summed E-state index contributed by atoms with van der Waals surface area (Å²) in [6, 6.07) is 15.1. The molecule has 0 saturated heterocycles. The molecule has 3 aromatic rings. The van der Waals surface area contributed by atoms with Gasteiger partial charge in [0.15, 0.2) is 0 Å². The number of nitrogens with zero attached hydrogens (tertiary/aromatic N) is 1. The number of ether oxygens (including phenoxy) is 2. The predicted molar refractivity (Wildman–Crippen MR) is 122 cm³/mol. The lowest BCUT2D eigenvalue weighted by Gasteiger charge is -2.28. The monoisotopic (exact) mass is 470 g/mol. The zero-order chi connectivity index (χ0) is 23.6. The highest BCUT2D eigenvalue weighted by molar-refractivity contribution is 7.89. The molecule has 172 valence electrons. The number of amides is 1. The minimum absolute atomic E-state index is 0.0448. The summed E-state index contributed by atoms with van der Waals surface area (Å²) in [5.41, 5.74) is 2.70. The zero-order valence-electron chi connectivity index (χ0n) is 18.2. The number of fused-ring (bicyclic) bond motifs is 1. The van der Waals surface area contributed by atoms with Crippen LogP contribution in [0.15, 0.2) is 65.6 Å². The van der Waals surface area contributed by atoms with Crippen LogP contribution in [0.2, 0.25) is 0 Å². The summed E-state index contributed by atoms with van der Waals surface area (Å²) in [4.78, 5) is 12.9. The first-order valence-electron chi connectivity index (χ1n) is 10.2. The van der Waals surface area contributed by atoms with Gasteiger partial charge in [-0.25, -0.2) is 12.8 Å². The Labute approximate surface area is 191 Å². The number of nitrogens with one attached hydrogen (secondary N) is 1. The van der Waals surface area contributed by atoms with Crippen molar-refractivity contribution < 1.29 is 27.1 Å². The summed E-state index contributed by atoms with van der Waals surface area (Å²) in [6.07, 6.45) is 0.538. The highest BCUT2D eigenvalue weighted by Gasteiger charge is 2.28. The lowest BCUT2D eigenvalue weighted by Crippen LogP contribution is -2.36. The lowest BCUT2D eigenvalue weighted by atomic mass is 10.0. The first-order valence-corrected chi connectivity index (χ1v) is 11.7. The molecule has 0 atom stereocenters. The van der Waals surface area contributed by atoms with Crippen molar-refractivity contribution in [2.75, 3.05) is 26.1 Å². The molecule has 1 aliphatic heterocycles. The van der Waals surface area contributed by atoms with Crippen molar-refractivity contribution in [3.05, 3.63) is 83.2 Å². The SMILES string of the molecule is COc1ccc(C(=O)Nc2ccc3c(c2)CN(S(=O)(=O)c2ccc(F)cc2)CC3)c(OC)c1. The van der Waals surface area contributed by atoms with Gasteiger partial charge in [-0.05, 0) is 66.1 Å². The second kappa shape index (κ2) is 9.21. The maximum Gasteiger partial charge on any atom is 0.259 e. The van der Waals surface area contributed by atoms with Gasteiger partial charge in [-0.3, -0.25) is 4.79 Å². The van der Waals surface area contributed by atoms with Crippen molar-refractivity contribution in [1.82, 2.24) is 4.31 Å². The maximum absolute atomic E-state index is 13.2. The highest BCUT2D eigenvalue weighted by atomic mass is 32.2. The van der Waals surface area contributed by atoms with Crippen LogP contribution < -0.4 is 14.8 Å². The van der Waals surface area contributed by atoms with Gasteiger partial charge in [-0.15, -0.1) is 0 Å². The molecule has 1 aliphatic rings. The Morgan fingerprint density at radius 1 is 0.970 bits per heavy atom. The Morgan fingerprint density at radius 2 is 1.73 bits per heavy atom. The van der Waals surface area contributed by atoms with Gasteiger partial charge in [0, 0.05) is 24.8 Å². The average Bonchev–Trinajstić information content (AvgIpc) is 2.83. The van der Waals surface area contributed by atoms with Crippen LogP contribution in [0.5, 0.6) is 11.5 Å². The molecule has 0 radical (unpaired) electrons. The van der Waals surface area contributed by atoms with Gasteiger partial charge in [-0.2, -0.15) is 4.31 Å². The van der Waals surface area contributed by atoms with Crippen LogP contribution in [0.3, 0.4) is 0 Å². The Bertz CT molecular complexity index is 1290. The molecule has 0 unspecified atom stereocenters. The highest BCUT2D eigenvalue weighted by Crippen LogP contribution is 2.29. The Balaban J connectivity index is 1.55. The number of rotatable bonds is 6. The Morgan fingerprint density at radius 3 is 2.42 bits per heavy atom. The van der Waals surface area contributed by atoms with E-state index >= 15 is 0 Å². The van der Waals surface area contributed by atoms with E-state index in [0.717, 1.165) is 23.3 Å². The third-order valence-corrected chi connectivity index (χ3v) is 7.41. The van der Waals surface area contributed by atoms with Gasteiger partial charge < -0.3 is 14.8 Å². The second-order valence-electron chi connectivity index (χ2n) is 7.55. The van der Waals surface area contributed by atoms with Crippen molar-refractivity contribution in [3.63, 3.8) is 0 Å². The van der Waals surface area contributed by atoms with Gasteiger partial charge in [0.1, 0.15) is 17.3 Å². The molecule has 1 heterocycles. The lowest BCUT2D eigenvalue weighted by molar-refractivity contribution is 0.102. The minimum atomic E-state index is -3.77. The van der Waals surface area contributed by atoms with Crippen LogP contribution in [0, 0.1) is 5.82 Å². The summed E-state index contributed by atoms with van der Waals surface area (Å²) in [5.74, 6) is 0.0916. The molecule has 0 aromatic heterocycles. The molecule has 1 N–H and O–H groups in total. The minimum Gasteiger partial charge on any atom is -0.497 e. The van der Waals surface area contributed by atoms with Gasteiger partial charge >= 0.3 is 0 Å². The molecular weight excluding hydrogens is 447 g/mol. The predicted octanol–water partition coefficient (Wildman–Crippen LogP) is 3.84. The van der Waals surface area contributed by atoms with Crippen molar-refractivity contribution in [3.8, 4) is 11.5 Å². The van der Waals surface area contributed by atoms with Crippen LogP contribution in [0.4, 0.5) is 10.1 Å². The van der Waals surface area contributed by atoms with Gasteiger partial charge in [-0.1, -0.05) is 6.07 Å². The van der Waals surface area contributed by atoms with E-state index in [-0.39, 0.29) is 17.3 Å². The molecule has 0 spiro atoms. The number of sulfonamides is 1. The van der Waals surface area contributed by atoms with E-state index in [9.17, 15) is 17.6 Å². The van der Waals surface area contributed by atoms with E-state index in [1.165, 1.54) is 30.7 Å². The number of carbonyl (C=O) groups is 1. The topological polar surface area (TPSA) is 84.9 Å². The van der Waals surface area contributed by atoms with Gasteiger partial charge in [0.2, 0.25) is 10.0 Å². The third kappa shape index (κ3) is 4.69. The largest absolute Gasteiger partial charge is 0.497 e. The number of halogens is 1. The number of carbonyl (C=O) groups excluding carboxylic acids is 1. The third-order valence-electron chi connectivity index (χ3n) is 5.55. The van der Waals surface area contributed by atoms with Gasteiger partial charge in [0.25, 0.3) is 5.91 Å². The molecule has 7 nitrogen and oxygen atoms in total. The summed E-state index contributed by atoms with van der Waals surface area (Å²) >= 11 is 0. The summed E-state index contributed by atoms with van der Waals surface area (Å²) in [7, 11) is -0.763. The molecule has 0 saturated carbocycles. The normalized spacial score (nSPS) is 13.8. The zero-order valence-corrected chi connectivity index (χ0v) is 19.0. The smallest absolute Gasteiger partial charge is 0.259 e. The van der Waals surface area contributed by atoms with E-state index in [1.807, 2.05) is 6.07 Å². The van der Waals surface area contributed by atoms with Crippen molar-refractivity contribution in [1.29, 1.82) is 0 Å². The van der Waals surface area contributed by atoms with E-state index in [0.29, 0.717) is 35.7 Å². The van der Waals surface area contributed by atoms with Crippen LogP contribution in [0.25, 0.3) is 0 Å². The Hall–Kier alpha value is -3.43. The Kier molecular flexibility index (Phi) is 6.35. The molecular formula is C24H23FN2O5S. The van der Waals surface area contributed by atoms with Crippen molar-refractivity contribution in [2.24, 2.45) is 0 Å². The number of hydrogen-bond donors (Lipinski definition) is 1. The van der Waals surface area contributed by atoms with Crippen LogP contribution in [-0.4, -0.2) is 39.4 Å². The molecule has 33 heavy (non-hydrogen) atoms. The number of methoxy groups -OCH3 is 2. The summed E-state index contributed by atoms with van der Waals surface area (Å²) in [5, 5.41) is 2.84. The summed E-state index contributed by atoms with van der Waals surface area (Å²) < 4.78 is 51.0. The standard InChI is InChI=1S/C24H23FN2O5S/c1-31-20-7-10-22(23(14-20)32-2)24(28)26-19-6-3-16-11-12-27(15-17(16)13-19)33(29,30)21-8-4-18(25)5-9-21/h3-10,13-14H,11-12,15H2,1-2H3,(H,26,28). The quantitative estimate of drug-likeness (QED) is 0.592. The number of benzene rings is 3. The number of anilines is 1. The first-order chi connectivity index (χ1) is 15.8. The van der Waals surface area contributed by atoms with Crippen LogP contribution in [-0.2, 0) is 23.0 Å². The number of hydrogen-bond acceptors (Lipinski definition) is 5.